The molecule has 0 saturated carbocycles. The molecule has 2 heterocycles. The third-order valence-corrected chi connectivity index (χ3v) is 3.42. The van der Waals surface area contributed by atoms with Crippen molar-refractivity contribution in [2.75, 3.05) is 39.2 Å². The Kier molecular flexibility index (Phi) is 4.97. The number of rotatable bonds is 4. The van der Waals surface area contributed by atoms with Gasteiger partial charge in [0.05, 0.1) is 18.3 Å². The molecular weight excluding hydrogens is 284 g/mol. The number of aryl methyl sites for hydroxylation is 1. The fourth-order valence-electron chi connectivity index (χ4n) is 2.67. The number of nitrogens with zero attached hydrogens (tertiary/aromatic N) is 3. The number of morpholine rings is 1. The molecule has 0 spiro atoms. The van der Waals surface area contributed by atoms with Crippen LogP contribution >= 0.6 is 0 Å². The summed E-state index contributed by atoms with van der Waals surface area (Å²) in [6.45, 7) is 7.25. The molecule has 1 amide bonds. The third kappa shape index (κ3) is 3.92. The first-order valence-electron chi connectivity index (χ1n) is 7.34. The summed E-state index contributed by atoms with van der Waals surface area (Å²) < 4.78 is 11.1. The molecule has 122 valence electrons. The topological polar surface area (TPSA) is 76.6 Å². The lowest BCUT2D eigenvalue weighted by atomic mass is 10.0. The molecule has 2 rings (SSSR count). The van der Waals surface area contributed by atoms with Crippen LogP contribution in [-0.2, 0) is 9.47 Å². The van der Waals surface area contributed by atoms with E-state index in [9.17, 15) is 4.79 Å². The van der Waals surface area contributed by atoms with E-state index in [-0.39, 0.29) is 12.0 Å². The van der Waals surface area contributed by atoms with Gasteiger partial charge in [-0.15, -0.1) is 0 Å². The van der Waals surface area contributed by atoms with Gasteiger partial charge in [0.2, 0.25) is 5.95 Å². The third-order valence-electron chi connectivity index (χ3n) is 3.42. The van der Waals surface area contributed by atoms with Gasteiger partial charge in [-0.2, -0.15) is 0 Å². The highest BCUT2D eigenvalue weighted by atomic mass is 16.5. The van der Waals surface area contributed by atoms with E-state index in [0.717, 1.165) is 5.69 Å². The van der Waals surface area contributed by atoms with Crippen molar-refractivity contribution in [3.8, 4) is 0 Å². The van der Waals surface area contributed by atoms with Crippen molar-refractivity contribution in [3.63, 3.8) is 0 Å². The monoisotopic (exact) mass is 308 g/mol. The highest BCUT2D eigenvalue weighted by Crippen LogP contribution is 2.22. The molecule has 7 heteroatoms. The number of aromatic nitrogens is 2. The fourth-order valence-corrected chi connectivity index (χ4v) is 2.67. The normalized spacial score (nSPS) is 20.8. The van der Waals surface area contributed by atoms with Crippen molar-refractivity contribution in [1.29, 1.82) is 0 Å². The molecule has 7 nitrogen and oxygen atoms in total. The van der Waals surface area contributed by atoms with E-state index in [4.69, 9.17) is 9.47 Å². The van der Waals surface area contributed by atoms with Crippen LogP contribution in [0.4, 0.5) is 5.95 Å². The Hall–Kier alpha value is -1.73. The van der Waals surface area contributed by atoms with E-state index in [1.807, 2.05) is 20.8 Å². The first kappa shape index (κ1) is 16.6. The van der Waals surface area contributed by atoms with Crippen LogP contribution in [0, 0.1) is 6.92 Å². The van der Waals surface area contributed by atoms with Crippen LogP contribution in [0.2, 0.25) is 0 Å². The standard InChI is InChI=1S/C15H24N4O3/c1-10-6-12(18-14(16-4)17-10)13(20)19-7-11(8-21-5)22-15(2,3)9-19/h6,11H,7-9H2,1-5H3,(H,16,17,18). The Morgan fingerprint density at radius 1 is 1.55 bits per heavy atom. The van der Waals surface area contributed by atoms with E-state index in [0.29, 0.717) is 31.3 Å². The van der Waals surface area contributed by atoms with E-state index >= 15 is 0 Å². The minimum atomic E-state index is -0.412. The number of hydrogen-bond acceptors (Lipinski definition) is 6. The zero-order valence-corrected chi connectivity index (χ0v) is 13.8. The molecular formula is C15H24N4O3. The number of methoxy groups -OCH3 is 1. The molecule has 0 bridgehead atoms. The first-order valence-corrected chi connectivity index (χ1v) is 7.34. The summed E-state index contributed by atoms with van der Waals surface area (Å²) in [6.07, 6.45) is -0.135. The molecule has 1 saturated heterocycles. The van der Waals surface area contributed by atoms with Crippen LogP contribution in [-0.4, -0.2) is 66.3 Å². The molecule has 1 unspecified atom stereocenters. The van der Waals surface area contributed by atoms with Crippen LogP contribution in [0.1, 0.15) is 30.0 Å². The summed E-state index contributed by atoms with van der Waals surface area (Å²) in [5.74, 6) is 0.337. The van der Waals surface area contributed by atoms with Crippen LogP contribution in [0.5, 0.6) is 0 Å². The highest BCUT2D eigenvalue weighted by molar-refractivity contribution is 5.92. The molecule has 1 aromatic heterocycles. The maximum absolute atomic E-state index is 12.8. The van der Waals surface area contributed by atoms with E-state index < -0.39 is 5.60 Å². The van der Waals surface area contributed by atoms with Crippen molar-refractivity contribution < 1.29 is 14.3 Å². The average Bonchev–Trinajstić information content (AvgIpc) is 2.44. The van der Waals surface area contributed by atoms with Gasteiger partial charge in [0.15, 0.2) is 0 Å². The number of amides is 1. The van der Waals surface area contributed by atoms with Crippen LogP contribution in [0.15, 0.2) is 6.07 Å². The quantitative estimate of drug-likeness (QED) is 0.897. The molecule has 1 aliphatic rings. The van der Waals surface area contributed by atoms with Crippen molar-refractivity contribution in [3.05, 3.63) is 17.5 Å². The minimum absolute atomic E-state index is 0.112. The van der Waals surface area contributed by atoms with Gasteiger partial charge in [-0.1, -0.05) is 0 Å². The molecule has 1 atom stereocenters. The Bertz CT molecular complexity index is 548. The summed E-state index contributed by atoms with van der Waals surface area (Å²) in [6, 6.07) is 1.71. The van der Waals surface area contributed by atoms with Crippen molar-refractivity contribution in [2.24, 2.45) is 0 Å². The highest BCUT2D eigenvalue weighted by Gasteiger charge is 2.36. The number of carbonyl (C=O) groups excluding carboxylic acids is 1. The predicted molar refractivity (Wildman–Crippen MR) is 83.0 cm³/mol. The lowest BCUT2D eigenvalue weighted by molar-refractivity contribution is -0.143. The largest absolute Gasteiger partial charge is 0.382 e. The Morgan fingerprint density at radius 2 is 2.27 bits per heavy atom. The smallest absolute Gasteiger partial charge is 0.272 e. The van der Waals surface area contributed by atoms with E-state index in [1.165, 1.54) is 0 Å². The molecule has 1 N–H and O–H groups in total. The number of nitrogens with one attached hydrogen (secondary N) is 1. The SMILES string of the molecule is CNc1nc(C)cc(C(=O)N2CC(COC)OC(C)(C)C2)n1. The van der Waals surface area contributed by atoms with Gasteiger partial charge in [0.25, 0.3) is 5.91 Å². The summed E-state index contributed by atoms with van der Waals surface area (Å²) >= 11 is 0. The molecule has 1 aromatic rings. The molecule has 1 fully saturated rings. The second kappa shape index (κ2) is 6.58. The van der Waals surface area contributed by atoms with E-state index in [2.05, 4.69) is 15.3 Å². The minimum Gasteiger partial charge on any atom is -0.382 e. The van der Waals surface area contributed by atoms with Gasteiger partial charge in [-0.05, 0) is 26.8 Å². The molecule has 0 aromatic carbocycles. The van der Waals surface area contributed by atoms with Crippen molar-refractivity contribution in [2.45, 2.75) is 32.5 Å². The van der Waals surface area contributed by atoms with Crippen LogP contribution in [0.25, 0.3) is 0 Å². The van der Waals surface area contributed by atoms with E-state index in [1.54, 1.807) is 25.1 Å². The molecule has 0 radical (unpaired) electrons. The lowest BCUT2D eigenvalue weighted by Gasteiger charge is -2.42. The van der Waals surface area contributed by atoms with Gasteiger partial charge >= 0.3 is 0 Å². The van der Waals surface area contributed by atoms with Crippen LogP contribution in [0.3, 0.4) is 0 Å². The van der Waals surface area contributed by atoms with Gasteiger partial charge in [-0.25, -0.2) is 9.97 Å². The number of hydrogen-bond donors (Lipinski definition) is 1. The zero-order chi connectivity index (χ0) is 16.3. The van der Waals surface area contributed by atoms with Gasteiger partial charge < -0.3 is 19.7 Å². The summed E-state index contributed by atoms with van der Waals surface area (Å²) in [5, 5.41) is 2.87. The second-order valence-corrected chi connectivity index (χ2v) is 6.11. The summed E-state index contributed by atoms with van der Waals surface area (Å²) in [7, 11) is 3.36. The maximum Gasteiger partial charge on any atom is 0.272 e. The Balaban J connectivity index is 2.22. The summed E-state index contributed by atoms with van der Waals surface area (Å²) in [5.41, 5.74) is 0.736. The molecule has 0 aliphatic carbocycles. The Labute approximate surface area is 131 Å². The number of carbonyl (C=O) groups is 1. The Morgan fingerprint density at radius 3 is 2.91 bits per heavy atom. The van der Waals surface area contributed by atoms with Crippen molar-refractivity contribution >= 4 is 11.9 Å². The maximum atomic E-state index is 12.8. The zero-order valence-electron chi connectivity index (χ0n) is 13.8. The summed E-state index contributed by atoms with van der Waals surface area (Å²) in [4.78, 5) is 23.0. The first-order chi connectivity index (χ1) is 10.3. The second-order valence-electron chi connectivity index (χ2n) is 6.11. The fraction of sp³-hybridized carbons (Fsp3) is 0.667. The van der Waals surface area contributed by atoms with Gasteiger partial charge in [0.1, 0.15) is 5.69 Å². The predicted octanol–water partition coefficient (Wildman–Crippen LogP) is 1.09. The average molecular weight is 308 g/mol. The molecule has 1 aliphatic heterocycles. The van der Waals surface area contributed by atoms with Crippen molar-refractivity contribution in [1.82, 2.24) is 14.9 Å². The van der Waals surface area contributed by atoms with Crippen LogP contribution < -0.4 is 5.32 Å². The van der Waals surface area contributed by atoms with Gasteiger partial charge in [-0.3, -0.25) is 4.79 Å². The lowest BCUT2D eigenvalue weighted by Crippen LogP contribution is -2.55. The molecule has 22 heavy (non-hydrogen) atoms. The van der Waals surface area contributed by atoms with Gasteiger partial charge in [0, 0.05) is 32.9 Å². The number of ether oxygens (including phenoxy) is 2. The number of anilines is 1.